The van der Waals surface area contributed by atoms with Gasteiger partial charge >= 0.3 is 6.61 Å². The Balaban J connectivity index is 2.10. The number of H-pyrrole nitrogens is 1. The van der Waals surface area contributed by atoms with Crippen LogP contribution in [0.4, 0.5) is 8.78 Å². The van der Waals surface area contributed by atoms with Crippen LogP contribution in [-0.2, 0) is 0 Å². The lowest BCUT2D eigenvalue weighted by molar-refractivity contribution is -0.0513. The second-order valence-electron chi connectivity index (χ2n) is 5.09. The van der Waals surface area contributed by atoms with Gasteiger partial charge in [0.2, 0.25) is 4.77 Å². The topological polar surface area (TPSA) is 68.6 Å². The number of aromatic amines is 1. The molecule has 0 saturated carbocycles. The van der Waals surface area contributed by atoms with Gasteiger partial charge in [0.25, 0.3) is 5.56 Å². The van der Waals surface area contributed by atoms with E-state index >= 15 is 0 Å². The summed E-state index contributed by atoms with van der Waals surface area (Å²) in [5.41, 5.74) is 0.357. The lowest BCUT2D eigenvalue weighted by Gasteiger charge is -2.12. The summed E-state index contributed by atoms with van der Waals surface area (Å²) in [6, 6.07) is 11.4. The minimum absolute atomic E-state index is 0.0733. The van der Waals surface area contributed by atoms with Crippen molar-refractivity contribution in [2.24, 2.45) is 5.10 Å². The molecular formula is C17H13F2N3O3S. The number of halogens is 2. The summed E-state index contributed by atoms with van der Waals surface area (Å²) in [6.45, 7) is -3.04. The minimum Gasteiger partial charge on any atom is -0.493 e. The number of nitrogens with one attached hydrogen (secondary N) is 1. The number of benzene rings is 2. The van der Waals surface area contributed by atoms with Crippen molar-refractivity contribution in [3.63, 3.8) is 0 Å². The Morgan fingerprint density at radius 3 is 2.73 bits per heavy atom. The number of hydrogen-bond donors (Lipinski definition) is 1. The second-order valence-corrected chi connectivity index (χ2v) is 5.48. The maximum absolute atomic E-state index is 12.7. The van der Waals surface area contributed by atoms with Crippen molar-refractivity contribution >= 4 is 29.3 Å². The molecule has 1 N–H and O–H groups in total. The van der Waals surface area contributed by atoms with E-state index in [4.69, 9.17) is 17.0 Å². The van der Waals surface area contributed by atoms with Gasteiger partial charge < -0.3 is 14.5 Å². The van der Waals surface area contributed by atoms with E-state index in [1.807, 2.05) is 0 Å². The maximum Gasteiger partial charge on any atom is 0.387 e. The van der Waals surface area contributed by atoms with Crippen LogP contribution in [0, 0.1) is 4.77 Å². The van der Waals surface area contributed by atoms with Crippen molar-refractivity contribution in [3.8, 4) is 11.5 Å². The Bertz CT molecular complexity index is 1090. The van der Waals surface area contributed by atoms with Crippen LogP contribution in [0.3, 0.4) is 0 Å². The number of nitrogens with zero attached hydrogens (tertiary/aromatic N) is 2. The summed E-state index contributed by atoms with van der Waals surface area (Å²) < 4.78 is 36.0. The number of aromatic nitrogens is 2. The van der Waals surface area contributed by atoms with E-state index in [2.05, 4.69) is 14.8 Å². The lowest BCUT2D eigenvalue weighted by atomic mass is 10.2. The third kappa shape index (κ3) is 3.47. The Hall–Kier alpha value is -3.07. The van der Waals surface area contributed by atoms with Crippen LogP contribution < -0.4 is 15.0 Å². The first kappa shape index (κ1) is 17.7. The zero-order chi connectivity index (χ0) is 18.7. The van der Waals surface area contributed by atoms with E-state index in [1.165, 1.54) is 25.5 Å². The van der Waals surface area contributed by atoms with Gasteiger partial charge in [-0.25, -0.2) is 0 Å². The van der Waals surface area contributed by atoms with Crippen LogP contribution >= 0.6 is 12.2 Å². The molecule has 3 aromatic rings. The first-order valence-electron chi connectivity index (χ1n) is 7.41. The van der Waals surface area contributed by atoms with Crippen LogP contribution in [0.15, 0.2) is 52.4 Å². The van der Waals surface area contributed by atoms with Gasteiger partial charge in [-0.15, -0.1) is 0 Å². The number of hydrogen-bond acceptors (Lipinski definition) is 5. The highest BCUT2D eigenvalue weighted by atomic mass is 32.1. The third-order valence-electron chi connectivity index (χ3n) is 3.53. The molecule has 0 aliphatic rings. The molecular weight excluding hydrogens is 364 g/mol. The fourth-order valence-electron chi connectivity index (χ4n) is 2.39. The lowest BCUT2D eigenvalue weighted by Crippen LogP contribution is -2.18. The first-order chi connectivity index (χ1) is 12.5. The van der Waals surface area contributed by atoms with Gasteiger partial charge in [-0.1, -0.05) is 18.2 Å². The zero-order valence-corrected chi connectivity index (χ0v) is 14.3. The molecule has 2 aromatic carbocycles. The van der Waals surface area contributed by atoms with E-state index in [9.17, 15) is 13.6 Å². The molecule has 9 heteroatoms. The normalized spacial score (nSPS) is 11.4. The van der Waals surface area contributed by atoms with E-state index in [0.717, 1.165) is 4.68 Å². The number of rotatable bonds is 5. The second kappa shape index (κ2) is 7.44. The fourth-order valence-corrected chi connectivity index (χ4v) is 2.63. The summed E-state index contributed by atoms with van der Waals surface area (Å²) >= 11 is 5.15. The van der Waals surface area contributed by atoms with Crippen molar-refractivity contribution in [2.75, 3.05) is 7.11 Å². The molecule has 0 spiro atoms. The van der Waals surface area contributed by atoms with Crippen molar-refractivity contribution in [2.45, 2.75) is 6.61 Å². The summed E-state index contributed by atoms with van der Waals surface area (Å²) in [4.78, 5) is 15.4. The third-order valence-corrected chi connectivity index (χ3v) is 3.81. The molecule has 1 heterocycles. The van der Waals surface area contributed by atoms with Crippen LogP contribution in [0.1, 0.15) is 5.56 Å². The standard InChI is InChI=1S/C17H13F2N3O3S/c1-24-13-8-4-5-10(14(13)25-16(18)19)9-20-22-15(23)11-6-2-3-7-12(11)21-17(22)26/h2-9,16H,1H3,(H,21,26)/b20-9-. The highest BCUT2D eigenvalue weighted by Crippen LogP contribution is 2.31. The van der Waals surface area contributed by atoms with Gasteiger partial charge in [-0.05, 0) is 36.5 Å². The molecule has 0 atom stereocenters. The largest absolute Gasteiger partial charge is 0.493 e. The minimum atomic E-state index is -3.04. The van der Waals surface area contributed by atoms with Crippen LogP contribution in [-0.4, -0.2) is 29.6 Å². The van der Waals surface area contributed by atoms with Crippen LogP contribution in [0.2, 0.25) is 0 Å². The quantitative estimate of drug-likeness (QED) is 0.545. The number of alkyl halides is 2. The van der Waals surface area contributed by atoms with Crippen LogP contribution in [0.5, 0.6) is 11.5 Å². The predicted molar refractivity (Wildman–Crippen MR) is 96.0 cm³/mol. The number of methoxy groups -OCH3 is 1. The predicted octanol–water partition coefficient (Wildman–Crippen LogP) is 3.55. The van der Waals surface area contributed by atoms with E-state index in [-0.39, 0.29) is 21.8 Å². The molecule has 0 aliphatic carbocycles. The maximum atomic E-state index is 12.7. The van der Waals surface area contributed by atoms with Gasteiger partial charge in [-0.2, -0.15) is 18.6 Å². The molecule has 0 radical (unpaired) electrons. The Kier molecular flexibility index (Phi) is 5.08. The van der Waals surface area contributed by atoms with Crippen molar-refractivity contribution < 1.29 is 18.3 Å². The average molecular weight is 377 g/mol. The Morgan fingerprint density at radius 1 is 1.23 bits per heavy atom. The number of ether oxygens (including phenoxy) is 2. The van der Waals surface area contributed by atoms with Gasteiger partial charge in [0.15, 0.2) is 11.5 Å². The molecule has 0 unspecified atom stereocenters. The zero-order valence-electron chi connectivity index (χ0n) is 13.5. The highest BCUT2D eigenvalue weighted by Gasteiger charge is 2.14. The first-order valence-corrected chi connectivity index (χ1v) is 7.82. The van der Waals surface area contributed by atoms with E-state index < -0.39 is 12.2 Å². The van der Waals surface area contributed by atoms with E-state index in [0.29, 0.717) is 10.9 Å². The molecule has 0 aliphatic heterocycles. The molecule has 134 valence electrons. The molecule has 1 aromatic heterocycles. The van der Waals surface area contributed by atoms with Crippen molar-refractivity contribution in [1.82, 2.24) is 9.66 Å². The SMILES string of the molecule is COc1cccc(/C=N\n2c(=S)[nH]c3ccccc3c2=O)c1OC(F)F. The van der Waals surface area contributed by atoms with Crippen LogP contribution in [0.25, 0.3) is 10.9 Å². The number of para-hydroxylation sites is 2. The highest BCUT2D eigenvalue weighted by molar-refractivity contribution is 7.71. The number of fused-ring (bicyclic) bond motifs is 1. The Labute approximate surface area is 151 Å². The van der Waals surface area contributed by atoms with Gasteiger partial charge in [0.1, 0.15) is 0 Å². The van der Waals surface area contributed by atoms with Gasteiger partial charge in [0, 0.05) is 5.56 Å². The van der Waals surface area contributed by atoms with Gasteiger partial charge in [-0.3, -0.25) is 4.79 Å². The van der Waals surface area contributed by atoms with Crippen molar-refractivity contribution in [3.05, 3.63) is 63.2 Å². The summed E-state index contributed by atoms with van der Waals surface area (Å²) in [5.74, 6) is -0.0669. The Morgan fingerprint density at radius 2 is 2.00 bits per heavy atom. The molecule has 3 rings (SSSR count). The summed E-state index contributed by atoms with van der Waals surface area (Å²) in [6.07, 6.45) is 1.21. The molecule has 6 nitrogen and oxygen atoms in total. The summed E-state index contributed by atoms with van der Waals surface area (Å²) in [7, 11) is 1.33. The molecule has 0 amide bonds. The molecule has 0 saturated heterocycles. The molecule has 0 fully saturated rings. The molecule has 26 heavy (non-hydrogen) atoms. The van der Waals surface area contributed by atoms with Crippen molar-refractivity contribution in [1.29, 1.82) is 0 Å². The summed E-state index contributed by atoms with van der Waals surface area (Å²) in [5, 5.41) is 4.43. The van der Waals surface area contributed by atoms with E-state index in [1.54, 1.807) is 30.3 Å². The monoisotopic (exact) mass is 377 g/mol. The fraction of sp³-hybridized carbons (Fsp3) is 0.118. The molecule has 0 bridgehead atoms. The average Bonchev–Trinajstić information content (AvgIpc) is 2.62. The smallest absolute Gasteiger partial charge is 0.387 e. The van der Waals surface area contributed by atoms with Gasteiger partial charge in [0.05, 0.1) is 24.2 Å².